The second-order valence-corrected chi connectivity index (χ2v) is 7.48. The molecule has 0 aliphatic carbocycles. The summed E-state index contributed by atoms with van der Waals surface area (Å²) < 4.78 is 18.8. The predicted molar refractivity (Wildman–Crippen MR) is 126 cm³/mol. The molecule has 0 saturated carbocycles. The highest BCUT2D eigenvalue weighted by atomic mass is 127. The molecule has 0 spiro atoms. The van der Waals surface area contributed by atoms with Crippen LogP contribution >= 0.6 is 35.7 Å². The first kappa shape index (κ1) is 23.5. The number of rotatable bonds is 6. The van der Waals surface area contributed by atoms with Crippen LogP contribution in [-0.2, 0) is 5.75 Å². The quantitative estimate of drug-likeness (QED) is 0.268. The highest BCUT2D eigenvalue weighted by molar-refractivity contribution is 14.0. The Morgan fingerprint density at radius 3 is 2.55 bits per heavy atom. The van der Waals surface area contributed by atoms with E-state index in [9.17, 15) is 9.18 Å². The van der Waals surface area contributed by atoms with Gasteiger partial charge in [0.25, 0.3) is 5.91 Å². The van der Waals surface area contributed by atoms with E-state index in [0.29, 0.717) is 37.7 Å². The van der Waals surface area contributed by atoms with Gasteiger partial charge in [0, 0.05) is 51.3 Å². The van der Waals surface area contributed by atoms with Crippen LogP contribution in [0.25, 0.3) is 0 Å². The van der Waals surface area contributed by atoms with Crippen molar-refractivity contribution in [2.75, 3.05) is 45.5 Å². The molecule has 1 amide bonds. The lowest BCUT2D eigenvalue weighted by Crippen LogP contribution is -2.54. The number of carbonyl (C=O) groups is 1. The summed E-state index contributed by atoms with van der Waals surface area (Å²) in [6, 6.07) is 10.3. The minimum Gasteiger partial charge on any atom is -0.459 e. The molecule has 0 unspecified atom stereocenters. The lowest BCUT2D eigenvalue weighted by Gasteiger charge is -2.36. The van der Waals surface area contributed by atoms with Gasteiger partial charge >= 0.3 is 0 Å². The van der Waals surface area contributed by atoms with Gasteiger partial charge in [0.2, 0.25) is 0 Å². The van der Waals surface area contributed by atoms with Gasteiger partial charge in [-0.15, -0.1) is 24.0 Å². The molecule has 1 aliphatic heterocycles. The first-order valence-electron chi connectivity index (χ1n) is 9.28. The third-order valence-corrected chi connectivity index (χ3v) is 5.56. The number of hydrogen-bond donors (Lipinski definition) is 1. The zero-order valence-corrected chi connectivity index (χ0v) is 19.5. The van der Waals surface area contributed by atoms with Crippen molar-refractivity contribution in [1.29, 1.82) is 0 Å². The number of hydrogen-bond acceptors (Lipinski definition) is 4. The Hall–Kier alpha value is -1.75. The maximum absolute atomic E-state index is 13.6. The Morgan fingerprint density at radius 1 is 1.17 bits per heavy atom. The van der Waals surface area contributed by atoms with Crippen molar-refractivity contribution >= 4 is 47.6 Å². The molecule has 0 atom stereocenters. The van der Waals surface area contributed by atoms with Crippen molar-refractivity contribution in [3.05, 3.63) is 59.8 Å². The van der Waals surface area contributed by atoms with E-state index in [1.54, 1.807) is 41.9 Å². The molecule has 2 aromatic rings. The van der Waals surface area contributed by atoms with E-state index >= 15 is 0 Å². The molecule has 1 fully saturated rings. The Bertz CT molecular complexity index is 796. The number of nitrogens with one attached hydrogen (secondary N) is 1. The molecule has 6 nitrogen and oxygen atoms in total. The number of carbonyl (C=O) groups excluding carboxylic acids is 1. The molecule has 1 saturated heterocycles. The molecule has 0 bridgehead atoms. The van der Waals surface area contributed by atoms with Crippen LogP contribution in [0.4, 0.5) is 4.39 Å². The highest BCUT2D eigenvalue weighted by Crippen LogP contribution is 2.15. The van der Waals surface area contributed by atoms with E-state index in [1.165, 1.54) is 12.3 Å². The minimum atomic E-state index is -0.152. The molecule has 9 heteroatoms. The maximum atomic E-state index is 13.6. The number of aliphatic imine (C=N–C) groups is 1. The van der Waals surface area contributed by atoms with Crippen LogP contribution in [-0.4, -0.2) is 67.2 Å². The third kappa shape index (κ3) is 6.63. The van der Waals surface area contributed by atoms with Crippen LogP contribution in [0.5, 0.6) is 0 Å². The van der Waals surface area contributed by atoms with Crippen molar-refractivity contribution in [3.63, 3.8) is 0 Å². The van der Waals surface area contributed by atoms with Crippen LogP contribution in [0.1, 0.15) is 16.1 Å². The molecule has 158 valence electrons. The summed E-state index contributed by atoms with van der Waals surface area (Å²) in [5.41, 5.74) is 0.731. The van der Waals surface area contributed by atoms with Crippen LogP contribution in [0.2, 0.25) is 0 Å². The number of thioether (sulfide) groups is 1. The zero-order valence-electron chi connectivity index (χ0n) is 16.3. The number of nitrogens with zero attached hydrogens (tertiary/aromatic N) is 3. The predicted octanol–water partition coefficient (Wildman–Crippen LogP) is 3.30. The summed E-state index contributed by atoms with van der Waals surface area (Å²) in [6.07, 6.45) is 1.51. The normalized spacial score (nSPS) is 14.5. The standard InChI is InChI=1S/C20H25FN4O2S.HI/c1-22-20(23-8-14-28-15-16-5-2-3-6-17(16)21)25-11-9-24(10-12-25)19(26)18-7-4-13-27-18;/h2-7,13H,8-12,14-15H2,1H3,(H,22,23);1H. The second kappa shape index (κ2) is 12.1. The number of piperazine rings is 1. The molecular formula is C20H26FIN4O2S. The lowest BCUT2D eigenvalue weighted by atomic mass is 10.2. The Kier molecular flexibility index (Phi) is 9.79. The molecule has 1 aliphatic rings. The molecule has 3 rings (SSSR count). The first-order valence-corrected chi connectivity index (χ1v) is 10.4. The number of amides is 1. The van der Waals surface area contributed by atoms with E-state index in [2.05, 4.69) is 15.2 Å². The highest BCUT2D eigenvalue weighted by Gasteiger charge is 2.24. The fourth-order valence-corrected chi connectivity index (χ4v) is 3.89. The number of halogens is 2. The fraction of sp³-hybridized carbons (Fsp3) is 0.400. The molecule has 1 N–H and O–H groups in total. The summed E-state index contributed by atoms with van der Waals surface area (Å²) in [6.45, 7) is 3.44. The number of benzene rings is 1. The summed E-state index contributed by atoms with van der Waals surface area (Å²) in [5, 5.41) is 3.35. The molecule has 1 aromatic heterocycles. The largest absolute Gasteiger partial charge is 0.459 e. The van der Waals surface area contributed by atoms with Crippen molar-refractivity contribution in [3.8, 4) is 0 Å². The van der Waals surface area contributed by atoms with Gasteiger partial charge in [-0.1, -0.05) is 18.2 Å². The third-order valence-electron chi connectivity index (χ3n) is 4.56. The zero-order chi connectivity index (χ0) is 19.8. The average Bonchev–Trinajstić information content (AvgIpc) is 3.26. The average molecular weight is 532 g/mol. The molecular weight excluding hydrogens is 506 g/mol. The summed E-state index contributed by atoms with van der Waals surface area (Å²) >= 11 is 1.68. The van der Waals surface area contributed by atoms with Crippen LogP contribution < -0.4 is 5.32 Å². The Labute approximate surface area is 191 Å². The van der Waals surface area contributed by atoms with Crippen LogP contribution in [0, 0.1) is 5.82 Å². The van der Waals surface area contributed by atoms with Gasteiger partial charge in [-0.05, 0) is 23.8 Å². The van der Waals surface area contributed by atoms with E-state index in [1.807, 2.05) is 12.1 Å². The van der Waals surface area contributed by atoms with Gasteiger partial charge in [0.05, 0.1) is 6.26 Å². The fourth-order valence-electron chi connectivity index (χ4n) is 3.04. The van der Waals surface area contributed by atoms with Gasteiger partial charge in [0.1, 0.15) is 5.82 Å². The molecule has 0 radical (unpaired) electrons. The maximum Gasteiger partial charge on any atom is 0.289 e. The number of furan rings is 1. The van der Waals surface area contributed by atoms with E-state index in [4.69, 9.17) is 4.42 Å². The van der Waals surface area contributed by atoms with Crippen molar-refractivity contribution in [2.24, 2.45) is 4.99 Å². The van der Waals surface area contributed by atoms with Crippen LogP contribution in [0.3, 0.4) is 0 Å². The van der Waals surface area contributed by atoms with Gasteiger partial charge in [-0.2, -0.15) is 11.8 Å². The first-order chi connectivity index (χ1) is 13.7. The van der Waals surface area contributed by atoms with E-state index in [-0.39, 0.29) is 35.7 Å². The molecule has 1 aromatic carbocycles. The Balaban J connectivity index is 0.00000300. The van der Waals surface area contributed by atoms with E-state index in [0.717, 1.165) is 23.8 Å². The lowest BCUT2D eigenvalue weighted by molar-refractivity contribution is 0.0658. The Morgan fingerprint density at radius 2 is 1.90 bits per heavy atom. The summed E-state index contributed by atoms with van der Waals surface area (Å²) in [7, 11) is 1.76. The van der Waals surface area contributed by atoms with Crippen molar-refractivity contribution in [1.82, 2.24) is 15.1 Å². The minimum absolute atomic E-state index is 0. The summed E-state index contributed by atoms with van der Waals surface area (Å²) in [5.74, 6) is 2.49. The molecule has 2 heterocycles. The van der Waals surface area contributed by atoms with Gasteiger partial charge in [-0.3, -0.25) is 9.79 Å². The van der Waals surface area contributed by atoms with Crippen molar-refractivity contribution < 1.29 is 13.6 Å². The molecule has 29 heavy (non-hydrogen) atoms. The SMILES string of the molecule is CN=C(NCCSCc1ccccc1F)N1CCN(C(=O)c2ccco2)CC1.I. The van der Waals surface area contributed by atoms with Crippen LogP contribution in [0.15, 0.2) is 52.1 Å². The van der Waals surface area contributed by atoms with E-state index < -0.39 is 0 Å². The van der Waals surface area contributed by atoms with Crippen molar-refractivity contribution in [2.45, 2.75) is 5.75 Å². The van der Waals surface area contributed by atoms with Gasteiger partial charge < -0.3 is 19.5 Å². The second-order valence-electron chi connectivity index (χ2n) is 6.37. The number of guanidine groups is 1. The topological polar surface area (TPSA) is 61.1 Å². The van der Waals surface area contributed by atoms with Gasteiger partial charge in [0.15, 0.2) is 11.7 Å². The smallest absolute Gasteiger partial charge is 0.289 e. The monoisotopic (exact) mass is 532 g/mol. The van der Waals surface area contributed by atoms with Gasteiger partial charge in [-0.25, -0.2) is 4.39 Å². The summed E-state index contributed by atoms with van der Waals surface area (Å²) in [4.78, 5) is 20.6.